The number of nitrogens with one attached hydrogen (secondary N) is 1. The molecule has 4 heteroatoms. The van der Waals surface area contributed by atoms with Gasteiger partial charge in [0.25, 0.3) is 0 Å². The molecule has 2 rings (SSSR count). The molecule has 3 N–H and O–H groups in total. The van der Waals surface area contributed by atoms with Gasteiger partial charge in [-0.2, -0.15) is 0 Å². The van der Waals surface area contributed by atoms with Crippen LogP contribution >= 0.6 is 0 Å². The number of nitrogens with zero attached hydrogens (tertiary/aromatic N) is 1. The minimum atomic E-state index is -0.0853. The molecule has 1 aliphatic rings. The Hall–Kier alpha value is -1.39. The lowest BCUT2D eigenvalue weighted by Crippen LogP contribution is -2.29. The average molecular weight is 275 g/mol. The molecule has 0 saturated carbocycles. The molecule has 1 aromatic rings. The lowest BCUT2D eigenvalue weighted by Gasteiger charge is -2.14. The van der Waals surface area contributed by atoms with Gasteiger partial charge in [-0.25, -0.2) is 0 Å². The first-order valence-corrected chi connectivity index (χ1v) is 7.46. The first kappa shape index (κ1) is 15.0. The molecule has 1 aromatic carbocycles. The Balaban J connectivity index is 1.77. The summed E-state index contributed by atoms with van der Waals surface area (Å²) >= 11 is 0. The summed E-state index contributed by atoms with van der Waals surface area (Å²) in [6.45, 7) is 5.89. The first-order valence-electron chi connectivity index (χ1n) is 7.46. The lowest BCUT2D eigenvalue weighted by molar-refractivity contribution is -0.121. The Bertz CT molecular complexity index is 422. The van der Waals surface area contributed by atoms with Crippen LogP contribution in [0.15, 0.2) is 24.3 Å². The van der Waals surface area contributed by atoms with Gasteiger partial charge in [-0.1, -0.05) is 24.3 Å². The zero-order valence-electron chi connectivity index (χ0n) is 12.3. The predicted octanol–water partition coefficient (Wildman–Crippen LogP) is 1.64. The molecule has 4 nitrogen and oxygen atoms in total. The molecule has 1 heterocycles. The lowest BCUT2D eigenvalue weighted by atomic mass is 10.1. The number of rotatable bonds is 6. The Kier molecular flexibility index (Phi) is 5.56. The van der Waals surface area contributed by atoms with Crippen molar-refractivity contribution in [3.8, 4) is 0 Å². The van der Waals surface area contributed by atoms with E-state index in [-0.39, 0.29) is 11.9 Å². The van der Waals surface area contributed by atoms with Crippen LogP contribution in [0.1, 0.15) is 37.3 Å². The van der Waals surface area contributed by atoms with Gasteiger partial charge in [0.05, 0.1) is 0 Å². The molecule has 0 bridgehead atoms. The van der Waals surface area contributed by atoms with Gasteiger partial charge in [0.15, 0.2) is 0 Å². The van der Waals surface area contributed by atoms with Crippen molar-refractivity contribution in [3.63, 3.8) is 0 Å². The predicted molar refractivity (Wildman–Crippen MR) is 81.1 cm³/mol. The van der Waals surface area contributed by atoms with Crippen LogP contribution in [0.5, 0.6) is 0 Å². The van der Waals surface area contributed by atoms with E-state index in [1.54, 1.807) is 0 Å². The van der Waals surface area contributed by atoms with E-state index in [0.29, 0.717) is 13.0 Å². The number of hydrogen-bond acceptors (Lipinski definition) is 3. The van der Waals surface area contributed by atoms with Gasteiger partial charge < -0.3 is 11.1 Å². The second-order valence-electron chi connectivity index (χ2n) is 5.76. The Morgan fingerprint density at radius 1 is 1.25 bits per heavy atom. The van der Waals surface area contributed by atoms with Gasteiger partial charge in [0.2, 0.25) is 5.91 Å². The Morgan fingerprint density at radius 2 is 1.85 bits per heavy atom. The summed E-state index contributed by atoms with van der Waals surface area (Å²) in [5.74, 6) is 0.0149. The fourth-order valence-corrected chi connectivity index (χ4v) is 2.53. The molecule has 1 aliphatic heterocycles. The highest BCUT2D eigenvalue weighted by molar-refractivity contribution is 5.76. The van der Waals surface area contributed by atoms with Gasteiger partial charge in [-0.3, -0.25) is 9.69 Å². The van der Waals surface area contributed by atoms with Crippen molar-refractivity contribution in [3.05, 3.63) is 35.4 Å². The third kappa shape index (κ3) is 4.94. The van der Waals surface area contributed by atoms with Crippen molar-refractivity contribution < 1.29 is 4.79 Å². The molecule has 0 spiro atoms. The number of benzene rings is 1. The zero-order chi connectivity index (χ0) is 14.4. The monoisotopic (exact) mass is 275 g/mol. The highest BCUT2D eigenvalue weighted by Gasteiger charge is 2.11. The van der Waals surface area contributed by atoms with Crippen molar-refractivity contribution >= 4 is 5.91 Å². The standard InChI is InChI=1S/C16H25N3O/c1-13(17)10-16(20)18-11-14-4-6-15(7-5-14)12-19-8-2-3-9-19/h4-7,13H,2-3,8-12,17H2,1H3,(H,18,20). The molecule has 0 aromatic heterocycles. The molecule has 0 radical (unpaired) electrons. The number of hydrogen-bond donors (Lipinski definition) is 2. The van der Waals surface area contributed by atoms with Crippen molar-refractivity contribution in [1.82, 2.24) is 10.2 Å². The zero-order valence-corrected chi connectivity index (χ0v) is 12.3. The number of nitrogens with two attached hydrogens (primary N) is 1. The summed E-state index contributed by atoms with van der Waals surface area (Å²) in [6, 6.07) is 8.42. The second-order valence-corrected chi connectivity index (χ2v) is 5.76. The van der Waals surface area contributed by atoms with Crippen LogP contribution in [-0.2, 0) is 17.9 Å². The molecule has 110 valence electrons. The van der Waals surface area contributed by atoms with Crippen LogP contribution in [0.4, 0.5) is 0 Å². The van der Waals surface area contributed by atoms with Gasteiger partial charge in [0.1, 0.15) is 0 Å². The van der Waals surface area contributed by atoms with E-state index in [1.807, 2.05) is 6.92 Å². The fraction of sp³-hybridized carbons (Fsp3) is 0.562. The van der Waals surface area contributed by atoms with E-state index >= 15 is 0 Å². The summed E-state index contributed by atoms with van der Waals surface area (Å²) in [5.41, 5.74) is 8.07. The molecular formula is C16H25N3O. The minimum Gasteiger partial charge on any atom is -0.352 e. The van der Waals surface area contributed by atoms with Gasteiger partial charge in [-0.05, 0) is 44.0 Å². The summed E-state index contributed by atoms with van der Waals surface area (Å²) in [7, 11) is 0. The second kappa shape index (κ2) is 7.41. The fourth-order valence-electron chi connectivity index (χ4n) is 2.53. The summed E-state index contributed by atoms with van der Waals surface area (Å²) in [4.78, 5) is 14.0. The third-order valence-corrected chi connectivity index (χ3v) is 3.62. The summed E-state index contributed by atoms with van der Waals surface area (Å²) < 4.78 is 0. The summed E-state index contributed by atoms with van der Waals surface area (Å²) in [6.07, 6.45) is 3.03. The quantitative estimate of drug-likeness (QED) is 0.829. The van der Waals surface area contributed by atoms with Gasteiger partial charge >= 0.3 is 0 Å². The largest absolute Gasteiger partial charge is 0.352 e. The molecule has 1 unspecified atom stereocenters. The maximum absolute atomic E-state index is 11.5. The van der Waals surface area contributed by atoms with Crippen molar-refractivity contribution in [2.24, 2.45) is 5.73 Å². The van der Waals surface area contributed by atoms with Crippen LogP contribution in [0.25, 0.3) is 0 Å². The van der Waals surface area contributed by atoms with E-state index in [0.717, 1.165) is 12.1 Å². The molecule has 20 heavy (non-hydrogen) atoms. The highest BCUT2D eigenvalue weighted by Crippen LogP contribution is 2.13. The number of likely N-dealkylation sites (tertiary alicyclic amines) is 1. The molecular weight excluding hydrogens is 250 g/mol. The van der Waals surface area contributed by atoms with Crippen LogP contribution in [0.2, 0.25) is 0 Å². The first-order chi connectivity index (χ1) is 9.63. The van der Waals surface area contributed by atoms with Gasteiger partial charge in [0, 0.05) is 25.6 Å². The normalized spacial score (nSPS) is 17.1. The number of amides is 1. The Morgan fingerprint density at radius 3 is 2.45 bits per heavy atom. The SMILES string of the molecule is CC(N)CC(=O)NCc1ccc(CN2CCCC2)cc1. The average Bonchev–Trinajstić information content (AvgIpc) is 2.90. The van der Waals surface area contributed by atoms with Crippen molar-refractivity contribution in [2.75, 3.05) is 13.1 Å². The number of carbonyl (C=O) groups is 1. The van der Waals surface area contributed by atoms with Crippen LogP contribution in [-0.4, -0.2) is 29.9 Å². The third-order valence-electron chi connectivity index (χ3n) is 3.62. The van der Waals surface area contributed by atoms with E-state index < -0.39 is 0 Å². The van der Waals surface area contributed by atoms with E-state index in [4.69, 9.17) is 5.73 Å². The van der Waals surface area contributed by atoms with E-state index in [1.165, 1.54) is 31.5 Å². The van der Waals surface area contributed by atoms with Crippen molar-refractivity contribution in [2.45, 2.75) is 45.3 Å². The van der Waals surface area contributed by atoms with E-state index in [2.05, 4.69) is 34.5 Å². The van der Waals surface area contributed by atoms with Crippen LogP contribution < -0.4 is 11.1 Å². The highest BCUT2D eigenvalue weighted by atomic mass is 16.1. The van der Waals surface area contributed by atoms with Crippen LogP contribution in [0.3, 0.4) is 0 Å². The molecule has 1 fully saturated rings. The van der Waals surface area contributed by atoms with E-state index in [9.17, 15) is 4.79 Å². The maximum Gasteiger partial charge on any atom is 0.221 e. The minimum absolute atomic E-state index is 0.0149. The molecule has 1 atom stereocenters. The maximum atomic E-state index is 11.5. The molecule has 0 aliphatic carbocycles. The smallest absolute Gasteiger partial charge is 0.221 e. The molecule has 1 saturated heterocycles. The molecule has 1 amide bonds. The topological polar surface area (TPSA) is 58.4 Å². The van der Waals surface area contributed by atoms with Crippen molar-refractivity contribution in [1.29, 1.82) is 0 Å². The number of carbonyl (C=O) groups excluding carboxylic acids is 1. The van der Waals surface area contributed by atoms with Crippen LogP contribution in [0, 0.1) is 0 Å². The Labute approximate surface area is 121 Å². The summed E-state index contributed by atoms with van der Waals surface area (Å²) in [5, 5.41) is 2.89. The van der Waals surface area contributed by atoms with Gasteiger partial charge in [-0.15, -0.1) is 0 Å².